The number of nitrogens with one attached hydrogen (secondary N) is 1. The molecule has 1 rings (SSSR count). The van der Waals surface area contributed by atoms with Crippen molar-refractivity contribution in [3.63, 3.8) is 0 Å². The van der Waals surface area contributed by atoms with Crippen LogP contribution in [0.25, 0.3) is 0 Å². The largest absolute Gasteiger partial charge is 0.309 e. The predicted molar refractivity (Wildman–Crippen MR) is 74.0 cm³/mol. The lowest BCUT2D eigenvalue weighted by atomic mass is 10.1. The van der Waals surface area contributed by atoms with Gasteiger partial charge in [0.2, 0.25) is 0 Å². The third-order valence-corrected chi connectivity index (χ3v) is 3.82. The molecule has 0 radical (unpaired) electrons. The maximum atomic E-state index is 3.59. The third kappa shape index (κ3) is 6.29. The summed E-state index contributed by atoms with van der Waals surface area (Å²) in [5.74, 6) is 0. The molecule has 1 N–H and O–H groups in total. The van der Waals surface area contributed by atoms with Crippen LogP contribution < -0.4 is 5.32 Å². The van der Waals surface area contributed by atoms with Crippen LogP contribution in [0.5, 0.6) is 0 Å². The van der Waals surface area contributed by atoms with Gasteiger partial charge in [0.1, 0.15) is 0 Å². The molecule has 0 aliphatic rings. The molecule has 1 nitrogen and oxygen atoms in total. The van der Waals surface area contributed by atoms with E-state index in [1.807, 2.05) is 11.3 Å². The highest BCUT2D eigenvalue weighted by Crippen LogP contribution is 2.10. The van der Waals surface area contributed by atoms with E-state index in [-0.39, 0.29) is 0 Å². The molecular formula is C14H25NS. The lowest BCUT2D eigenvalue weighted by Crippen LogP contribution is -2.24. The molecule has 0 amide bonds. The van der Waals surface area contributed by atoms with Gasteiger partial charge in [0, 0.05) is 17.5 Å². The molecule has 1 aromatic heterocycles. The van der Waals surface area contributed by atoms with E-state index in [0.29, 0.717) is 6.04 Å². The van der Waals surface area contributed by atoms with Crippen molar-refractivity contribution < 1.29 is 0 Å². The van der Waals surface area contributed by atoms with Gasteiger partial charge < -0.3 is 5.32 Å². The summed E-state index contributed by atoms with van der Waals surface area (Å²) in [4.78, 5) is 1.44. The first kappa shape index (κ1) is 13.7. The Morgan fingerprint density at radius 3 is 2.75 bits per heavy atom. The molecule has 0 saturated carbocycles. The minimum absolute atomic E-state index is 0.656. The monoisotopic (exact) mass is 239 g/mol. The number of unbranched alkanes of at least 4 members (excludes halogenated alkanes) is 4. The first-order valence-electron chi connectivity index (χ1n) is 6.58. The van der Waals surface area contributed by atoms with E-state index in [1.54, 1.807) is 0 Å². The molecule has 0 fully saturated rings. The molecular weight excluding hydrogens is 214 g/mol. The quantitative estimate of drug-likeness (QED) is 0.622. The lowest BCUT2D eigenvalue weighted by Gasteiger charge is -2.12. The third-order valence-electron chi connectivity index (χ3n) is 2.95. The van der Waals surface area contributed by atoms with Crippen LogP contribution in [-0.2, 0) is 6.54 Å². The van der Waals surface area contributed by atoms with Crippen molar-refractivity contribution in [2.75, 3.05) is 0 Å². The normalized spacial score (nSPS) is 12.9. The first-order valence-corrected chi connectivity index (χ1v) is 7.46. The molecule has 0 saturated heterocycles. The van der Waals surface area contributed by atoms with E-state index in [4.69, 9.17) is 0 Å². The van der Waals surface area contributed by atoms with Crippen molar-refractivity contribution >= 4 is 11.3 Å². The highest BCUT2D eigenvalue weighted by molar-refractivity contribution is 7.09. The van der Waals surface area contributed by atoms with Crippen molar-refractivity contribution in [1.82, 2.24) is 5.32 Å². The van der Waals surface area contributed by atoms with Crippen LogP contribution in [0.1, 0.15) is 57.2 Å². The standard InChI is InChI=1S/C14H25NS/c1-3-4-5-6-7-9-13(2)15-12-14-10-8-11-16-14/h8,10-11,13,15H,3-7,9,12H2,1-2H3. The Kier molecular flexibility index (Phi) is 7.52. The first-order chi connectivity index (χ1) is 7.83. The average Bonchev–Trinajstić information content (AvgIpc) is 2.79. The van der Waals surface area contributed by atoms with E-state index in [0.717, 1.165) is 6.54 Å². The zero-order valence-corrected chi connectivity index (χ0v) is 11.5. The summed E-state index contributed by atoms with van der Waals surface area (Å²) in [6.45, 7) is 5.60. The van der Waals surface area contributed by atoms with Gasteiger partial charge >= 0.3 is 0 Å². The summed E-state index contributed by atoms with van der Waals surface area (Å²) in [5.41, 5.74) is 0. The van der Waals surface area contributed by atoms with Crippen molar-refractivity contribution in [1.29, 1.82) is 0 Å². The second-order valence-electron chi connectivity index (χ2n) is 4.56. The highest BCUT2D eigenvalue weighted by atomic mass is 32.1. The summed E-state index contributed by atoms with van der Waals surface area (Å²) in [7, 11) is 0. The Hall–Kier alpha value is -0.340. The number of hydrogen-bond acceptors (Lipinski definition) is 2. The lowest BCUT2D eigenvalue weighted by molar-refractivity contribution is 0.481. The molecule has 0 spiro atoms. The van der Waals surface area contributed by atoms with E-state index in [1.165, 1.54) is 43.4 Å². The summed E-state index contributed by atoms with van der Waals surface area (Å²) in [6, 6.07) is 4.98. The summed E-state index contributed by atoms with van der Waals surface area (Å²) >= 11 is 1.84. The molecule has 0 aromatic carbocycles. The van der Waals surface area contributed by atoms with Crippen LogP contribution in [0.15, 0.2) is 17.5 Å². The van der Waals surface area contributed by atoms with Gasteiger partial charge in [-0.3, -0.25) is 0 Å². The minimum atomic E-state index is 0.656. The second kappa shape index (κ2) is 8.77. The van der Waals surface area contributed by atoms with Gasteiger partial charge in [-0.15, -0.1) is 11.3 Å². The van der Waals surface area contributed by atoms with Crippen LogP contribution in [0.3, 0.4) is 0 Å². The smallest absolute Gasteiger partial charge is 0.0302 e. The topological polar surface area (TPSA) is 12.0 Å². The minimum Gasteiger partial charge on any atom is -0.309 e. The molecule has 2 heteroatoms. The van der Waals surface area contributed by atoms with Gasteiger partial charge in [0.05, 0.1) is 0 Å². The molecule has 0 aliphatic heterocycles. The van der Waals surface area contributed by atoms with Crippen LogP contribution in [0.4, 0.5) is 0 Å². The summed E-state index contributed by atoms with van der Waals surface area (Å²) in [5, 5.41) is 5.73. The maximum absolute atomic E-state index is 3.59. The Labute approximate surface area is 104 Å². The number of hydrogen-bond donors (Lipinski definition) is 1. The average molecular weight is 239 g/mol. The van der Waals surface area contributed by atoms with Crippen molar-refractivity contribution in [3.8, 4) is 0 Å². The van der Waals surface area contributed by atoms with Crippen LogP contribution in [-0.4, -0.2) is 6.04 Å². The predicted octanol–water partition coefficient (Wildman–Crippen LogP) is 4.59. The molecule has 0 aliphatic carbocycles. The van der Waals surface area contributed by atoms with E-state index in [2.05, 4.69) is 36.7 Å². The summed E-state index contributed by atoms with van der Waals surface area (Å²) in [6.07, 6.45) is 8.24. The molecule has 1 aromatic rings. The Bertz CT molecular complexity index is 243. The fourth-order valence-corrected chi connectivity index (χ4v) is 2.50. The number of thiophene rings is 1. The van der Waals surface area contributed by atoms with Crippen molar-refractivity contribution in [2.24, 2.45) is 0 Å². The molecule has 1 unspecified atom stereocenters. The second-order valence-corrected chi connectivity index (χ2v) is 5.60. The highest BCUT2D eigenvalue weighted by Gasteiger charge is 2.01. The molecule has 16 heavy (non-hydrogen) atoms. The van der Waals surface area contributed by atoms with Gasteiger partial charge in [-0.1, -0.05) is 45.1 Å². The van der Waals surface area contributed by atoms with E-state index in [9.17, 15) is 0 Å². The zero-order chi connectivity index (χ0) is 11.6. The van der Waals surface area contributed by atoms with E-state index < -0.39 is 0 Å². The molecule has 92 valence electrons. The Morgan fingerprint density at radius 1 is 1.25 bits per heavy atom. The summed E-state index contributed by atoms with van der Waals surface area (Å²) < 4.78 is 0. The van der Waals surface area contributed by atoms with E-state index >= 15 is 0 Å². The van der Waals surface area contributed by atoms with Crippen LogP contribution >= 0.6 is 11.3 Å². The molecule has 1 heterocycles. The van der Waals surface area contributed by atoms with Gasteiger partial charge in [0.15, 0.2) is 0 Å². The molecule has 1 atom stereocenters. The Balaban J connectivity index is 1.96. The zero-order valence-electron chi connectivity index (χ0n) is 10.7. The molecule has 0 bridgehead atoms. The SMILES string of the molecule is CCCCCCCC(C)NCc1cccs1. The van der Waals surface area contributed by atoms with Gasteiger partial charge in [-0.2, -0.15) is 0 Å². The fraction of sp³-hybridized carbons (Fsp3) is 0.714. The van der Waals surface area contributed by atoms with Crippen molar-refractivity contribution in [3.05, 3.63) is 22.4 Å². The van der Waals surface area contributed by atoms with Gasteiger partial charge in [-0.25, -0.2) is 0 Å². The Morgan fingerprint density at radius 2 is 2.06 bits per heavy atom. The van der Waals surface area contributed by atoms with Crippen LogP contribution in [0, 0.1) is 0 Å². The van der Waals surface area contributed by atoms with Crippen molar-refractivity contribution in [2.45, 2.75) is 65.0 Å². The van der Waals surface area contributed by atoms with Gasteiger partial charge in [0.25, 0.3) is 0 Å². The van der Waals surface area contributed by atoms with Gasteiger partial charge in [-0.05, 0) is 24.8 Å². The number of rotatable bonds is 9. The van der Waals surface area contributed by atoms with Crippen LogP contribution in [0.2, 0.25) is 0 Å². The maximum Gasteiger partial charge on any atom is 0.0302 e. The fourth-order valence-electron chi connectivity index (χ4n) is 1.84.